The lowest BCUT2D eigenvalue weighted by molar-refractivity contribution is -0.156. The fraction of sp³-hybridized carbons (Fsp3) is 0.300. The van der Waals surface area contributed by atoms with Crippen LogP contribution in [0, 0.1) is 0 Å². The van der Waals surface area contributed by atoms with Gasteiger partial charge in [0.05, 0.1) is 24.0 Å². The van der Waals surface area contributed by atoms with Crippen LogP contribution in [0.2, 0.25) is 0 Å². The van der Waals surface area contributed by atoms with Crippen molar-refractivity contribution in [3.63, 3.8) is 0 Å². The van der Waals surface area contributed by atoms with Gasteiger partial charge in [0.2, 0.25) is 12.0 Å². The minimum absolute atomic E-state index is 0.155. The Bertz CT molecular complexity index is 877. The third kappa shape index (κ3) is 5.55. The molecule has 0 saturated heterocycles. The third-order valence-electron chi connectivity index (χ3n) is 4.16. The normalized spacial score (nSPS) is 16.3. The SMILES string of the molecule is COCCNC(=O)[C@@H](OC(=O)C[C@H]1Sc2ccccc2NC1=O)c1ccncc1. The maximum atomic E-state index is 12.6. The number of benzene rings is 1. The van der Waals surface area contributed by atoms with E-state index < -0.39 is 23.2 Å². The molecule has 2 N–H and O–H groups in total. The van der Waals surface area contributed by atoms with Gasteiger partial charge in [-0.05, 0) is 24.3 Å². The Kier molecular flexibility index (Phi) is 7.20. The van der Waals surface area contributed by atoms with Crippen LogP contribution in [0.15, 0.2) is 53.7 Å². The van der Waals surface area contributed by atoms with Gasteiger partial charge in [-0.25, -0.2) is 0 Å². The molecular weight excluding hydrogens is 394 g/mol. The highest BCUT2D eigenvalue weighted by Crippen LogP contribution is 2.37. The van der Waals surface area contributed by atoms with Crippen LogP contribution in [0.5, 0.6) is 0 Å². The number of amides is 2. The summed E-state index contributed by atoms with van der Waals surface area (Å²) in [6.45, 7) is 0.618. The summed E-state index contributed by atoms with van der Waals surface area (Å²) >= 11 is 1.30. The second-order valence-electron chi connectivity index (χ2n) is 6.23. The largest absolute Gasteiger partial charge is 0.447 e. The highest BCUT2D eigenvalue weighted by molar-refractivity contribution is 8.01. The van der Waals surface area contributed by atoms with Crippen LogP contribution in [-0.2, 0) is 23.9 Å². The molecule has 2 heterocycles. The first-order valence-corrected chi connectivity index (χ1v) is 9.89. The topological polar surface area (TPSA) is 107 Å². The van der Waals surface area contributed by atoms with Crippen molar-refractivity contribution in [2.45, 2.75) is 22.7 Å². The van der Waals surface area contributed by atoms with E-state index in [0.29, 0.717) is 12.2 Å². The monoisotopic (exact) mass is 415 g/mol. The van der Waals surface area contributed by atoms with Crippen LogP contribution < -0.4 is 10.6 Å². The van der Waals surface area contributed by atoms with E-state index in [9.17, 15) is 14.4 Å². The summed E-state index contributed by atoms with van der Waals surface area (Å²) in [5.41, 5.74) is 1.22. The minimum atomic E-state index is -1.13. The summed E-state index contributed by atoms with van der Waals surface area (Å²) in [4.78, 5) is 42.2. The predicted molar refractivity (Wildman–Crippen MR) is 107 cm³/mol. The van der Waals surface area contributed by atoms with E-state index in [1.807, 2.05) is 18.2 Å². The lowest BCUT2D eigenvalue weighted by Gasteiger charge is -2.24. The van der Waals surface area contributed by atoms with Crippen LogP contribution in [0.25, 0.3) is 0 Å². The molecule has 1 aromatic heterocycles. The Labute approximate surface area is 172 Å². The van der Waals surface area contributed by atoms with Crippen molar-refractivity contribution in [1.82, 2.24) is 10.3 Å². The van der Waals surface area contributed by atoms with Gasteiger partial charge in [-0.3, -0.25) is 19.4 Å². The smallest absolute Gasteiger partial charge is 0.308 e. The molecule has 2 atom stereocenters. The van der Waals surface area contributed by atoms with E-state index >= 15 is 0 Å². The van der Waals surface area contributed by atoms with Gasteiger partial charge in [-0.15, -0.1) is 11.8 Å². The minimum Gasteiger partial charge on any atom is -0.447 e. The van der Waals surface area contributed by atoms with Gasteiger partial charge < -0.3 is 20.1 Å². The second kappa shape index (κ2) is 10.0. The molecule has 2 aromatic rings. The van der Waals surface area contributed by atoms with Gasteiger partial charge in [-0.2, -0.15) is 0 Å². The number of methoxy groups -OCH3 is 1. The van der Waals surface area contributed by atoms with Crippen LogP contribution in [-0.4, -0.2) is 48.3 Å². The van der Waals surface area contributed by atoms with Crippen molar-refractivity contribution in [1.29, 1.82) is 0 Å². The molecule has 0 aliphatic carbocycles. The number of esters is 1. The van der Waals surface area contributed by atoms with Gasteiger partial charge in [-0.1, -0.05) is 12.1 Å². The zero-order valence-electron chi connectivity index (χ0n) is 15.8. The van der Waals surface area contributed by atoms with Crippen molar-refractivity contribution < 1.29 is 23.9 Å². The van der Waals surface area contributed by atoms with Gasteiger partial charge in [0.25, 0.3) is 5.91 Å². The van der Waals surface area contributed by atoms with Gasteiger partial charge in [0.15, 0.2) is 0 Å². The molecule has 152 valence electrons. The first-order chi connectivity index (χ1) is 14.1. The van der Waals surface area contributed by atoms with Crippen LogP contribution in [0.4, 0.5) is 5.69 Å². The molecule has 0 spiro atoms. The third-order valence-corrected chi connectivity index (χ3v) is 5.44. The molecule has 0 radical (unpaired) electrons. The standard InChI is InChI=1S/C20H21N3O5S/c1-27-11-10-22-20(26)18(13-6-8-21-9-7-13)28-17(24)12-16-19(25)23-14-4-2-3-5-15(14)29-16/h2-9,16,18H,10-12H2,1H3,(H,22,26)(H,23,25)/t16-,18+/m1/s1. The molecular formula is C20H21N3O5S. The summed E-state index contributed by atoms with van der Waals surface area (Å²) in [7, 11) is 1.53. The number of rotatable bonds is 8. The lowest BCUT2D eigenvalue weighted by Crippen LogP contribution is -2.36. The van der Waals surface area contributed by atoms with Crippen molar-refractivity contribution >= 4 is 35.2 Å². The van der Waals surface area contributed by atoms with Crippen LogP contribution in [0.3, 0.4) is 0 Å². The Morgan fingerprint density at radius 2 is 2.00 bits per heavy atom. The molecule has 3 rings (SSSR count). The number of hydrogen-bond acceptors (Lipinski definition) is 7. The number of para-hydroxylation sites is 1. The van der Waals surface area contributed by atoms with E-state index in [1.165, 1.54) is 31.3 Å². The van der Waals surface area contributed by atoms with Gasteiger partial charge >= 0.3 is 5.97 Å². The fourth-order valence-corrected chi connectivity index (χ4v) is 3.83. The van der Waals surface area contributed by atoms with E-state index in [1.54, 1.807) is 18.2 Å². The maximum Gasteiger partial charge on any atom is 0.308 e. The molecule has 0 fully saturated rings. The molecule has 0 saturated carbocycles. The molecule has 29 heavy (non-hydrogen) atoms. The van der Waals surface area contributed by atoms with Crippen LogP contribution >= 0.6 is 11.8 Å². The number of pyridine rings is 1. The first-order valence-electron chi connectivity index (χ1n) is 9.01. The molecule has 1 aliphatic rings. The van der Waals surface area contributed by atoms with Crippen molar-refractivity contribution in [2.24, 2.45) is 0 Å². The zero-order valence-corrected chi connectivity index (χ0v) is 16.6. The number of ether oxygens (including phenoxy) is 2. The van der Waals surface area contributed by atoms with E-state index in [2.05, 4.69) is 15.6 Å². The van der Waals surface area contributed by atoms with E-state index in [0.717, 1.165) is 10.6 Å². The highest BCUT2D eigenvalue weighted by Gasteiger charge is 2.32. The maximum absolute atomic E-state index is 12.6. The zero-order chi connectivity index (χ0) is 20.6. The van der Waals surface area contributed by atoms with Crippen LogP contribution in [0.1, 0.15) is 18.1 Å². The number of carbonyl (C=O) groups is 3. The average Bonchev–Trinajstić information content (AvgIpc) is 2.73. The van der Waals surface area contributed by atoms with E-state index in [4.69, 9.17) is 9.47 Å². The molecule has 8 nitrogen and oxygen atoms in total. The van der Waals surface area contributed by atoms with Gasteiger partial charge in [0.1, 0.15) is 0 Å². The Morgan fingerprint density at radius 1 is 1.24 bits per heavy atom. The molecule has 2 amide bonds. The highest BCUT2D eigenvalue weighted by atomic mass is 32.2. The second-order valence-corrected chi connectivity index (χ2v) is 7.47. The van der Waals surface area contributed by atoms with E-state index in [-0.39, 0.29) is 18.9 Å². The van der Waals surface area contributed by atoms with Crippen molar-refractivity contribution in [3.05, 3.63) is 54.4 Å². The number of thioether (sulfide) groups is 1. The number of hydrogen-bond donors (Lipinski definition) is 2. The Hall–Kier alpha value is -2.91. The number of aromatic nitrogens is 1. The fourth-order valence-electron chi connectivity index (χ4n) is 2.74. The Morgan fingerprint density at radius 3 is 2.76 bits per heavy atom. The first kappa shape index (κ1) is 20.8. The van der Waals surface area contributed by atoms with Crippen molar-refractivity contribution in [2.75, 3.05) is 25.6 Å². The molecule has 1 aromatic carbocycles. The predicted octanol–water partition coefficient (Wildman–Crippen LogP) is 1.93. The average molecular weight is 415 g/mol. The Balaban J connectivity index is 1.67. The molecule has 0 bridgehead atoms. The molecule has 0 unspecified atom stereocenters. The summed E-state index contributed by atoms with van der Waals surface area (Å²) in [6.07, 6.45) is 1.74. The quantitative estimate of drug-likeness (QED) is 0.501. The summed E-state index contributed by atoms with van der Waals surface area (Å²) in [6, 6.07) is 10.6. The molecule has 9 heteroatoms. The number of fused-ring (bicyclic) bond motifs is 1. The number of carbonyl (C=O) groups excluding carboxylic acids is 3. The summed E-state index contributed by atoms with van der Waals surface area (Å²) in [5, 5.41) is 4.82. The number of nitrogens with one attached hydrogen (secondary N) is 2. The molecule has 1 aliphatic heterocycles. The summed E-state index contributed by atoms with van der Waals surface area (Å²) in [5.74, 6) is -1.37. The number of anilines is 1. The van der Waals surface area contributed by atoms with Crippen molar-refractivity contribution in [3.8, 4) is 0 Å². The lowest BCUT2D eigenvalue weighted by atomic mass is 10.1. The summed E-state index contributed by atoms with van der Waals surface area (Å²) < 4.78 is 10.4. The number of nitrogens with zero attached hydrogens (tertiary/aromatic N) is 1. The van der Waals surface area contributed by atoms with Gasteiger partial charge in [0, 0.05) is 36.5 Å².